The number of benzene rings is 1. The minimum atomic E-state index is -4.46. The standard InChI is InChI=1S/C12H16F3NO2/c1-16-5-4-8-6-9(17-2)7-10(11(8)18-3)12(13,14)15/h6-7,16H,4-5H2,1-3H3. The lowest BCUT2D eigenvalue weighted by atomic mass is 10.0. The molecule has 0 saturated carbocycles. The van der Waals surface area contributed by atoms with E-state index in [0.29, 0.717) is 18.5 Å². The van der Waals surface area contributed by atoms with E-state index >= 15 is 0 Å². The maximum absolute atomic E-state index is 12.9. The molecule has 0 spiro atoms. The molecule has 1 N–H and O–H groups in total. The molecule has 0 heterocycles. The van der Waals surface area contributed by atoms with Gasteiger partial charge in [-0.3, -0.25) is 0 Å². The van der Waals surface area contributed by atoms with Crippen molar-refractivity contribution >= 4 is 0 Å². The fourth-order valence-electron chi connectivity index (χ4n) is 1.67. The second-order valence-corrected chi connectivity index (χ2v) is 3.72. The summed E-state index contributed by atoms with van der Waals surface area (Å²) in [6.45, 7) is 0.556. The third kappa shape index (κ3) is 3.29. The molecule has 0 aliphatic carbocycles. The highest BCUT2D eigenvalue weighted by Gasteiger charge is 2.36. The summed E-state index contributed by atoms with van der Waals surface area (Å²) in [5.74, 6) is 0.0350. The Hall–Kier alpha value is -1.43. The second-order valence-electron chi connectivity index (χ2n) is 3.72. The van der Waals surface area contributed by atoms with Crippen molar-refractivity contribution in [1.29, 1.82) is 0 Å². The third-order valence-electron chi connectivity index (χ3n) is 2.53. The molecule has 102 valence electrons. The van der Waals surface area contributed by atoms with Crippen LogP contribution in [0.25, 0.3) is 0 Å². The lowest BCUT2D eigenvalue weighted by Gasteiger charge is -2.17. The summed E-state index contributed by atoms with van der Waals surface area (Å²) >= 11 is 0. The Labute approximate surface area is 104 Å². The topological polar surface area (TPSA) is 30.5 Å². The molecule has 1 aromatic rings. The molecule has 0 radical (unpaired) electrons. The van der Waals surface area contributed by atoms with Gasteiger partial charge in [0.15, 0.2) is 0 Å². The van der Waals surface area contributed by atoms with E-state index < -0.39 is 11.7 Å². The predicted octanol–water partition coefficient (Wildman–Crippen LogP) is 2.48. The zero-order valence-electron chi connectivity index (χ0n) is 10.5. The van der Waals surface area contributed by atoms with Crippen molar-refractivity contribution < 1.29 is 22.6 Å². The van der Waals surface area contributed by atoms with Crippen LogP contribution in [0.5, 0.6) is 11.5 Å². The van der Waals surface area contributed by atoms with Crippen LogP contribution in [0.3, 0.4) is 0 Å². The number of hydrogen-bond acceptors (Lipinski definition) is 3. The van der Waals surface area contributed by atoms with Crippen LogP contribution in [0.1, 0.15) is 11.1 Å². The van der Waals surface area contributed by atoms with Gasteiger partial charge >= 0.3 is 6.18 Å². The van der Waals surface area contributed by atoms with E-state index in [0.717, 1.165) is 6.07 Å². The summed E-state index contributed by atoms with van der Waals surface area (Å²) < 4.78 is 48.5. The molecule has 0 amide bonds. The van der Waals surface area contributed by atoms with Crippen LogP contribution < -0.4 is 14.8 Å². The molecule has 0 atom stereocenters. The van der Waals surface area contributed by atoms with Gasteiger partial charge in [-0.1, -0.05) is 0 Å². The number of hydrogen-bond donors (Lipinski definition) is 1. The van der Waals surface area contributed by atoms with Crippen molar-refractivity contribution in [3.63, 3.8) is 0 Å². The molecular formula is C12H16F3NO2. The Bertz CT molecular complexity index is 405. The lowest BCUT2D eigenvalue weighted by Crippen LogP contribution is -2.14. The van der Waals surface area contributed by atoms with E-state index in [1.165, 1.54) is 14.2 Å². The van der Waals surface area contributed by atoms with Crippen LogP contribution >= 0.6 is 0 Å². The molecule has 0 aromatic heterocycles. The van der Waals surface area contributed by atoms with Gasteiger partial charge < -0.3 is 14.8 Å². The fraction of sp³-hybridized carbons (Fsp3) is 0.500. The van der Waals surface area contributed by atoms with E-state index in [2.05, 4.69) is 5.32 Å². The van der Waals surface area contributed by atoms with Crippen LogP contribution in [-0.2, 0) is 12.6 Å². The molecule has 0 bridgehead atoms. The normalized spacial score (nSPS) is 11.4. The summed E-state index contributed by atoms with van der Waals surface area (Å²) in [5.41, 5.74) is -0.339. The van der Waals surface area contributed by atoms with Gasteiger partial charge in [-0.15, -0.1) is 0 Å². The van der Waals surface area contributed by atoms with Crippen LogP contribution in [0.4, 0.5) is 13.2 Å². The number of alkyl halides is 3. The minimum Gasteiger partial charge on any atom is -0.497 e. The van der Waals surface area contributed by atoms with E-state index in [4.69, 9.17) is 9.47 Å². The average Bonchev–Trinajstić information content (AvgIpc) is 2.33. The molecule has 0 fully saturated rings. The molecule has 18 heavy (non-hydrogen) atoms. The van der Waals surface area contributed by atoms with Crippen molar-refractivity contribution in [3.05, 3.63) is 23.3 Å². The van der Waals surface area contributed by atoms with Crippen molar-refractivity contribution in [2.24, 2.45) is 0 Å². The summed E-state index contributed by atoms with van der Waals surface area (Å²) in [4.78, 5) is 0. The van der Waals surface area contributed by atoms with Crippen LogP contribution in [0.15, 0.2) is 12.1 Å². The number of likely N-dealkylation sites (N-methyl/N-ethyl adjacent to an activating group) is 1. The highest BCUT2D eigenvalue weighted by Crippen LogP contribution is 2.40. The molecule has 3 nitrogen and oxygen atoms in total. The Kier molecular flexibility index (Phi) is 4.84. The Morgan fingerprint density at radius 1 is 1.17 bits per heavy atom. The first-order valence-electron chi connectivity index (χ1n) is 5.40. The monoisotopic (exact) mass is 263 g/mol. The predicted molar refractivity (Wildman–Crippen MR) is 62.2 cm³/mol. The number of ether oxygens (including phenoxy) is 2. The van der Waals surface area contributed by atoms with Crippen LogP contribution in [-0.4, -0.2) is 27.8 Å². The van der Waals surface area contributed by atoms with E-state index in [9.17, 15) is 13.2 Å². The smallest absolute Gasteiger partial charge is 0.420 e. The van der Waals surface area contributed by atoms with E-state index in [-0.39, 0.29) is 11.5 Å². The Morgan fingerprint density at radius 3 is 2.28 bits per heavy atom. The second kappa shape index (κ2) is 5.95. The Balaban J connectivity index is 3.30. The summed E-state index contributed by atoms with van der Waals surface area (Å²) in [7, 11) is 4.31. The molecule has 1 rings (SSSR count). The minimum absolute atomic E-state index is 0.140. The van der Waals surface area contributed by atoms with Gasteiger partial charge in [-0.05, 0) is 37.7 Å². The summed E-state index contributed by atoms with van der Waals surface area (Å²) in [6, 6.07) is 2.51. The van der Waals surface area contributed by atoms with Crippen molar-refractivity contribution in [1.82, 2.24) is 5.32 Å². The van der Waals surface area contributed by atoms with Crippen molar-refractivity contribution in [3.8, 4) is 11.5 Å². The van der Waals surface area contributed by atoms with Gasteiger partial charge in [0.25, 0.3) is 0 Å². The van der Waals surface area contributed by atoms with Crippen molar-refractivity contribution in [2.75, 3.05) is 27.8 Å². The van der Waals surface area contributed by atoms with Crippen LogP contribution in [0, 0.1) is 0 Å². The molecule has 0 saturated heterocycles. The summed E-state index contributed by atoms with van der Waals surface area (Å²) in [5, 5.41) is 2.89. The zero-order chi connectivity index (χ0) is 13.8. The molecule has 0 aliphatic heterocycles. The SMILES string of the molecule is CNCCc1cc(OC)cc(C(F)(F)F)c1OC. The van der Waals surface area contributed by atoms with E-state index in [1.54, 1.807) is 13.1 Å². The first-order chi connectivity index (χ1) is 8.43. The summed E-state index contributed by atoms with van der Waals surface area (Å²) in [6.07, 6.45) is -4.03. The number of rotatable bonds is 5. The molecular weight excluding hydrogens is 247 g/mol. The first kappa shape index (κ1) is 14.6. The number of methoxy groups -OCH3 is 2. The third-order valence-corrected chi connectivity index (χ3v) is 2.53. The maximum atomic E-state index is 12.9. The van der Waals surface area contributed by atoms with Gasteiger partial charge in [-0.2, -0.15) is 13.2 Å². The maximum Gasteiger partial charge on any atom is 0.420 e. The molecule has 0 unspecified atom stereocenters. The van der Waals surface area contributed by atoms with Gasteiger partial charge in [0, 0.05) is 0 Å². The fourth-order valence-corrected chi connectivity index (χ4v) is 1.67. The van der Waals surface area contributed by atoms with E-state index in [1.807, 2.05) is 0 Å². The quantitative estimate of drug-likeness (QED) is 0.885. The zero-order valence-corrected chi connectivity index (χ0v) is 10.5. The van der Waals surface area contributed by atoms with Gasteiger partial charge in [0.2, 0.25) is 0 Å². The molecule has 6 heteroatoms. The largest absolute Gasteiger partial charge is 0.497 e. The van der Waals surface area contributed by atoms with Crippen molar-refractivity contribution in [2.45, 2.75) is 12.6 Å². The van der Waals surface area contributed by atoms with Crippen LogP contribution in [0.2, 0.25) is 0 Å². The molecule has 1 aromatic carbocycles. The van der Waals surface area contributed by atoms with Gasteiger partial charge in [0.1, 0.15) is 17.1 Å². The Morgan fingerprint density at radius 2 is 1.83 bits per heavy atom. The number of halogens is 3. The van der Waals surface area contributed by atoms with Gasteiger partial charge in [0.05, 0.1) is 14.2 Å². The van der Waals surface area contributed by atoms with Gasteiger partial charge in [-0.25, -0.2) is 0 Å². The molecule has 0 aliphatic rings. The average molecular weight is 263 g/mol. The lowest BCUT2D eigenvalue weighted by molar-refractivity contribution is -0.138. The first-order valence-corrected chi connectivity index (χ1v) is 5.40. The number of nitrogens with one attached hydrogen (secondary N) is 1. The highest BCUT2D eigenvalue weighted by molar-refractivity contribution is 5.49. The highest BCUT2D eigenvalue weighted by atomic mass is 19.4.